The van der Waals surface area contributed by atoms with Gasteiger partial charge in [-0.1, -0.05) is 12.8 Å². The Bertz CT molecular complexity index is 436. The first-order chi connectivity index (χ1) is 11.1. The smallest absolute Gasteiger partial charge is 0.237 e. The summed E-state index contributed by atoms with van der Waals surface area (Å²) >= 11 is 0. The van der Waals surface area contributed by atoms with Crippen molar-refractivity contribution in [2.45, 2.75) is 69.4 Å². The van der Waals surface area contributed by atoms with Crippen LogP contribution in [-0.4, -0.2) is 47.7 Å². The number of nitrogens with zero attached hydrogens (tertiary/aromatic N) is 1. The third-order valence-electron chi connectivity index (χ3n) is 7.42. The Labute approximate surface area is 140 Å². The molecule has 23 heavy (non-hydrogen) atoms. The normalized spacial score (nSPS) is 46.6. The molecule has 4 saturated carbocycles. The van der Waals surface area contributed by atoms with E-state index in [1.165, 1.54) is 44.9 Å². The van der Waals surface area contributed by atoms with Crippen LogP contribution in [0.5, 0.6) is 0 Å². The van der Waals surface area contributed by atoms with E-state index in [-0.39, 0.29) is 11.9 Å². The Hall–Kier alpha value is -0.610. The molecule has 4 aliphatic carbocycles. The van der Waals surface area contributed by atoms with Crippen molar-refractivity contribution >= 4 is 5.91 Å². The summed E-state index contributed by atoms with van der Waals surface area (Å²) in [6, 6.07) is -0.00191. The van der Waals surface area contributed by atoms with E-state index in [1.54, 1.807) is 0 Å². The maximum atomic E-state index is 12.7. The largest absolute Gasteiger partial charge is 0.387 e. The van der Waals surface area contributed by atoms with Crippen LogP contribution < -0.4 is 5.32 Å². The zero-order chi connectivity index (χ0) is 16.0. The van der Waals surface area contributed by atoms with E-state index in [2.05, 4.69) is 17.3 Å². The molecule has 5 fully saturated rings. The number of carbonyl (C=O) groups is 1. The van der Waals surface area contributed by atoms with Crippen LogP contribution in [0.25, 0.3) is 0 Å². The van der Waals surface area contributed by atoms with Gasteiger partial charge in [-0.05, 0) is 82.2 Å². The topological polar surface area (TPSA) is 52.6 Å². The number of hydrogen-bond acceptors (Lipinski definition) is 3. The number of amides is 1. The lowest BCUT2D eigenvalue weighted by Gasteiger charge is -2.59. The quantitative estimate of drug-likeness (QED) is 0.838. The van der Waals surface area contributed by atoms with Gasteiger partial charge in [-0.25, -0.2) is 0 Å². The molecule has 1 atom stereocenters. The van der Waals surface area contributed by atoms with E-state index < -0.39 is 5.60 Å². The number of aliphatic hydroxyl groups is 1. The molecule has 0 spiro atoms. The average molecular weight is 320 g/mol. The number of likely N-dealkylation sites (tertiary alicyclic amines) is 1. The predicted octanol–water partition coefficient (Wildman–Crippen LogP) is 2.16. The lowest BCUT2D eigenvalue weighted by Crippen LogP contribution is -2.63. The summed E-state index contributed by atoms with van der Waals surface area (Å²) in [7, 11) is 2.06. The zero-order valence-corrected chi connectivity index (χ0v) is 14.5. The maximum Gasteiger partial charge on any atom is 0.237 e. The van der Waals surface area contributed by atoms with E-state index in [9.17, 15) is 9.90 Å². The van der Waals surface area contributed by atoms with Crippen molar-refractivity contribution < 1.29 is 9.90 Å². The summed E-state index contributed by atoms with van der Waals surface area (Å²) in [5.74, 6) is 2.68. The van der Waals surface area contributed by atoms with E-state index in [0.29, 0.717) is 18.4 Å². The van der Waals surface area contributed by atoms with Crippen LogP contribution in [-0.2, 0) is 4.79 Å². The Balaban J connectivity index is 1.39. The van der Waals surface area contributed by atoms with Crippen molar-refractivity contribution in [1.82, 2.24) is 10.2 Å². The molecule has 1 amide bonds. The molecule has 0 aromatic rings. The maximum absolute atomic E-state index is 12.7. The molecule has 1 saturated heterocycles. The van der Waals surface area contributed by atoms with Gasteiger partial charge in [0.05, 0.1) is 11.6 Å². The average Bonchev–Trinajstić information content (AvgIpc) is 2.74. The second kappa shape index (κ2) is 6.03. The molecule has 0 radical (unpaired) electrons. The molecule has 1 unspecified atom stereocenters. The van der Waals surface area contributed by atoms with Crippen LogP contribution in [0.2, 0.25) is 0 Å². The fourth-order valence-corrected chi connectivity index (χ4v) is 6.22. The SMILES string of the molecule is CN1CCCCCC1C(=O)NCC1(O)C2CC3CC(C2)CC1C3. The molecule has 5 rings (SSSR count). The van der Waals surface area contributed by atoms with E-state index in [1.807, 2.05) is 0 Å². The molecule has 0 aromatic carbocycles. The minimum absolute atomic E-state index is 0.00191. The molecule has 4 heteroatoms. The Morgan fingerprint density at radius 1 is 1.09 bits per heavy atom. The van der Waals surface area contributed by atoms with E-state index in [4.69, 9.17) is 0 Å². The predicted molar refractivity (Wildman–Crippen MR) is 89.9 cm³/mol. The number of likely N-dealkylation sites (N-methyl/N-ethyl adjacent to an activating group) is 1. The molecule has 4 nitrogen and oxygen atoms in total. The van der Waals surface area contributed by atoms with Gasteiger partial charge in [0, 0.05) is 6.54 Å². The molecule has 0 aromatic heterocycles. The van der Waals surface area contributed by atoms with Gasteiger partial charge in [0.15, 0.2) is 0 Å². The Morgan fingerprint density at radius 2 is 1.74 bits per heavy atom. The highest BCUT2D eigenvalue weighted by Crippen LogP contribution is 2.58. The highest BCUT2D eigenvalue weighted by Gasteiger charge is 2.56. The minimum atomic E-state index is -0.633. The summed E-state index contributed by atoms with van der Waals surface area (Å²) in [5.41, 5.74) is -0.633. The van der Waals surface area contributed by atoms with E-state index in [0.717, 1.165) is 31.2 Å². The van der Waals surface area contributed by atoms with Crippen LogP contribution >= 0.6 is 0 Å². The third-order valence-corrected chi connectivity index (χ3v) is 7.42. The van der Waals surface area contributed by atoms with Crippen molar-refractivity contribution in [3.8, 4) is 0 Å². The van der Waals surface area contributed by atoms with Crippen LogP contribution in [0.3, 0.4) is 0 Å². The van der Waals surface area contributed by atoms with Gasteiger partial charge in [-0.3, -0.25) is 9.69 Å². The lowest BCUT2D eigenvalue weighted by molar-refractivity contribution is -0.171. The second-order valence-electron chi connectivity index (χ2n) is 8.86. The fourth-order valence-electron chi connectivity index (χ4n) is 6.22. The van der Waals surface area contributed by atoms with Crippen LogP contribution in [0.15, 0.2) is 0 Å². The molecule has 130 valence electrons. The molecular weight excluding hydrogens is 288 g/mol. The highest BCUT2D eigenvalue weighted by molar-refractivity contribution is 5.81. The van der Waals surface area contributed by atoms with Crippen molar-refractivity contribution in [2.75, 3.05) is 20.1 Å². The molecule has 2 N–H and O–H groups in total. The lowest BCUT2D eigenvalue weighted by atomic mass is 9.50. The first-order valence-electron chi connectivity index (χ1n) is 9.76. The van der Waals surface area contributed by atoms with Crippen molar-refractivity contribution in [2.24, 2.45) is 23.7 Å². The van der Waals surface area contributed by atoms with Crippen molar-refractivity contribution in [1.29, 1.82) is 0 Å². The molecule has 1 heterocycles. The van der Waals surface area contributed by atoms with Gasteiger partial charge in [0.1, 0.15) is 0 Å². The number of nitrogens with one attached hydrogen (secondary N) is 1. The van der Waals surface area contributed by atoms with Gasteiger partial charge < -0.3 is 10.4 Å². The second-order valence-corrected chi connectivity index (χ2v) is 8.86. The summed E-state index contributed by atoms with van der Waals surface area (Å²) in [5, 5.41) is 14.5. The first kappa shape index (κ1) is 15.9. The number of hydrogen-bond donors (Lipinski definition) is 2. The molecule has 5 aliphatic rings. The van der Waals surface area contributed by atoms with Gasteiger partial charge in [0.2, 0.25) is 5.91 Å². The van der Waals surface area contributed by atoms with Gasteiger partial charge in [-0.15, -0.1) is 0 Å². The summed E-state index contributed by atoms with van der Waals surface area (Å²) in [4.78, 5) is 14.9. The summed E-state index contributed by atoms with van der Waals surface area (Å²) in [6.07, 6.45) is 10.6. The monoisotopic (exact) mass is 320 g/mol. The fraction of sp³-hybridized carbons (Fsp3) is 0.947. The van der Waals surface area contributed by atoms with Gasteiger partial charge in [-0.2, -0.15) is 0 Å². The highest BCUT2D eigenvalue weighted by atomic mass is 16.3. The van der Waals surface area contributed by atoms with Crippen molar-refractivity contribution in [3.05, 3.63) is 0 Å². The van der Waals surface area contributed by atoms with Gasteiger partial charge >= 0.3 is 0 Å². The van der Waals surface area contributed by atoms with Gasteiger partial charge in [0.25, 0.3) is 0 Å². The third kappa shape index (κ3) is 2.82. The summed E-state index contributed by atoms with van der Waals surface area (Å²) < 4.78 is 0. The van der Waals surface area contributed by atoms with Crippen LogP contribution in [0.1, 0.15) is 57.8 Å². The standard InChI is InChI=1S/C19H32N2O2/c1-21-6-4-2-3-5-17(21)18(22)20-12-19(23)15-8-13-7-14(10-15)11-16(19)9-13/h13-17,23H,2-12H2,1H3,(H,20,22). The van der Waals surface area contributed by atoms with Crippen LogP contribution in [0.4, 0.5) is 0 Å². The molecular formula is C19H32N2O2. The Kier molecular flexibility index (Phi) is 4.17. The number of rotatable bonds is 3. The number of carbonyl (C=O) groups excluding carboxylic acids is 1. The molecule has 1 aliphatic heterocycles. The summed E-state index contributed by atoms with van der Waals surface area (Å²) in [6.45, 7) is 1.49. The van der Waals surface area contributed by atoms with Crippen LogP contribution in [0, 0.1) is 23.7 Å². The Morgan fingerprint density at radius 3 is 2.39 bits per heavy atom. The van der Waals surface area contributed by atoms with Crippen molar-refractivity contribution in [3.63, 3.8) is 0 Å². The zero-order valence-electron chi connectivity index (χ0n) is 14.5. The van der Waals surface area contributed by atoms with E-state index >= 15 is 0 Å². The minimum Gasteiger partial charge on any atom is -0.387 e. The molecule has 4 bridgehead atoms. The first-order valence-corrected chi connectivity index (χ1v) is 9.76.